The molecule has 5 aromatic heterocycles. The molecule has 6 nitrogen and oxygen atoms in total. The molecule has 1 N–H and O–H groups in total. The number of nitrogens with zero attached hydrogens (tertiary/aromatic N) is 3. The molecule has 5 heterocycles. The molecule has 0 fully saturated rings. The lowest BCUT2D eigenvalue weighted by Gasteiger charge is -2.10. The summed E-state index contributed by atoms with van der Waals surface area (Å²) in [6.45, 7) is 5.12. The zero-order chi connectivity index (χ0) is 23.5. The van der Waals surface area contributed by atoms with Crippen LogP contribution in [-0.2, 0) is 19.5 Å². The van der Waals surface area contributed by atoms with E-state index in [4.69, 9.17) is 9.40 Å². The van der Waals surface area contributed by atoms with Crippen molar-refractivity contribution in [2.24, 2.45) is 0 Å². The summed E-state index contributed by atoms with van der Waals surface area (Å²) in [5.74, 6) is 0.592. The summed E-state index contributed by atoms with van der Waals surface area (Å²) < 4.78 is 7.53. The maximum atomic E-state index is 13.1. The number of furan rings is 1. The number of nitrogens with one attached hydrogen (secondary N) is 1. The minimum Gasteiger partial charge on any atom is -0.467 e. The van der Waals surface area contributed by atoms with Gasteiger partial charge in [0.2, 0.25) is 0 Å². The number of rotatable bonds is 8. The first-order valence-electron chi connectivity index (χ1n) is 11.1. The van der Waals surface area contributed by atoms with Crippen LogP contribution < -0.4 is 5.32 Å². The summed E-state index contributed by atoms with van der Waals surface area (Å²) in [5.41, 5.74) is 5.45. The van der Waals surface area contributed by atoms with E-state index in [0.717, 1.165) is 45.5 Å². The van der Waals surface area contributed by atoms with Gasteiger partial charge in [-0.25, -0.2) is 4.98 Å². The molecule has 5 rings (SSSR count). The molecular formula is C26H24N4O2S2. The second-order valence-electron chi connectivity index (χ2n) is 7.88. The molecule has 0 aromatic carbocycles. The van der Waals surface area contributed by atoms with Crippen molar-refractivity contribution in [1.29, 1.82) is 0 Å². The van der Waals surface area contributed by atoms with Crippen LogP contribution in [0.5, 0.6) is 0 Å². The van der Waals surface area contributed by atoms with Crippen LogP contribution in [0.4, 0.5) is 0 Å². The maximum Gasteiger partial charge on any atom is 0.253 e. The summed E-state index contributed by atoms with van der Waals surface area (Å²) in [6, 6.07) is 13.8. The summed E-state index contributed by atoms with van der Waals surface area (Å²) in [5, 5.41) is 8.04. The summed E-state index contributed by atoms with van der Waals surface area (Å²) in [6.07, 6.45) is 4.32. The molecule has 172 valence electrons. The number of pyridine rings is 1. The van der Waals surface area contributed by atoms with Crippen molar-refractivity contribution in [3.63, 3.8) is 0 Å². The number of carbonyl (C=O) groups excluding carboxylic acids is 1. The van der Waals surface area contributed by atoms with Crippen molar-refractivity contribution in [3.8, 4) is 22.0 Å². The van der Waals surface area contributed by atoms with Gasteiger partial charge < -0.3 is 14.3 Å². The highest BCUT2D eigenvalue weighted by molar-refractivity contribution is 7.13. The fourth-order valence-corrected chi connectivity index (χ4v) is 5.36. The third-order valence-electron chi connectivity index (χ3n) is 5.70. The Hall–Kier alpha value is -3.49. The first-order chi connectivity index (χ1) is 16.6. The lowest BCUT2D eigenvalue weighted by molar-refractivity contribution is 0.0947. The van der Waals surface area contributed by atoms with Crippen LogP contribution in [-0.4, -0.2) is 20.4 Å². The Bertz CT molecular complexity index is 1400. The van der Waals surface area contributed by atoms with Crippen molar-refractivity contribution in [3.05, 3.63) is 93.3 Å². The Kier molecular flexibility index (Phi) is 6.42. The number of hydrogen-bond donors (Lipinski definition) is 1. The summed E-state index contributed by atoms with van der Waals surface area (Å²) >= 11 is 3.31. The first kappa shape index (κ1) is 22.3. The molecule has 0 aliphatic rings. The average Bonchev–Trinajstić information content (AvgIpc) is 3.66. The molecule has 0 bridgehead atoms. The van der Waals surface area contributed by atoms with Crippen LogP contribution in [0.15, 0.2) is 70.1 Å². The van der Waals surface area contributed by atoms with Gasteiger partial charge in [0, 0.05) is 33.4 Å². The average molecular weight is 489 g/mol. The number of thiophene rings is 1. The third-order valence-corrected chi connectivity index (χ3v) is 7.45. The molecule has 8 heteroatoms. The van der Waals surface area contributed by atoms with E-state index in [-0.39, 0.29) is 5.91 Å². The Morgan fingerprint density at radius 1 is 1.18 bits per heavy atom. The van der Waals surface area contributed by atoms with Crippen molar-refractivity contribution < 1.29 is 9.21 Å². The predicted octanol–water partition coefficient (Wildman–Crippen LogP) is 6.18. The predicted molar refractivity (Wildman–Crippen MR) is 136 cm³/mol. The standard InChI is InChI=1S/C26H24N4O2S2/c1-3-19-12-18(8-9-27-19)26-29-23(16-34-26)24-13-22(25(31)28-14-20-6-4-10-32-20)17(2)30(24)15-21-7-5-11-33-21/h4-13,16H,3,14-15H2,1-2H3,(H,28,31). The number of hydrogen-bond acceptors (Lipinski definition) is 6. The van der Waals surface area contributed by atoms with E-state index in [1.54, 1.807) is 28.9 Å². The number of carbonyl (C=O) groups is 1. The van der Waals surface area contributed by atoms with Gasteiger partial charge >= 0.3 is 0 Å². The zero-order valence-electron chi connectivity index (χ0n) is 18.9. The number of aromatic nitrogens is 3. The lowest BCUT2D eigenvalue weighted by Crippen LogP contribution is -2.23. The van der Waals surface area contributed by atoms with Gasteiger partial charge in [-0.2, -0.15) is 0 Å². The highest BCUT2D eigenvalue weighted by Gasteiger charge is 2.21. The van der Waals surface area contributed by atoms with Crippen LogP contribution in [0.25, 0.3) is 22.0 Å². The molecule has 0 saturated heterocycles. The highest BCUT2D eigenvalue weighted by atomic mass is 32.1. The second kappa shape index (κ2) is 9.79. The molecule has 0 atom stereocenters. The minimum atomic E-state index is -0.128. The van der Waals surface area contributed by atoms with Gasteiger partial charge in [0.1, 0.15) is 10.8 Å². The van der Waals surface area contributed by atoms with Crippen LogP contribution >= 0.6 is 22.7 Å². The summed E-state index contributed by atoms with van der Waals surface area (Å²) in [7, 11) is 0. The van der Waals surface area contributed by atoms with E-state index >= 15 is 0 Å². The second-order valence-corrected chi connectivity index (χ2v) is 9.77. The van der Waals surface area contributed by atoms with E-state index < -0.39 is 0 Å². The van der Waals surface area contributed by atoms with E-state index in [2.05, 4.69) is 44.7 Å². The minimum absolute atomic E-state index is 0.128. The van der Waals surface area contributed by atoms with Crippen LogP contribution in [0.1, 0.15) is 39.3 Å². The molecule has 0 radical (unpaired) electrons. The summed E-state index contributed by atoms with van der Waals surface area (Å²) in [4.78, 5) is 23.6. The molecule has 0 aliphatic carbocycles. The van der Waals surface area contributed by atoms with Gasteiger partial charge in [-0.3, -0.25) is 9.78 Å². The Morgan fingerprint density at radius 2 is 2.09 bits per heavy atom. The van der Waals surface area contributed by atoms with Crippen molar-refractivity contribution in [2.45, 2.75) is 33.4 Å². The van der Waals surface area contributed by atoms with Gasteiger partial charge in [0.05, 0.1) is 36.3 Å². The molecule has 0 unspecified atom stereocenters. The normalized spacial score (nSPS) is 11.1. The first-order valence-corrected chi connectivity index (χ1v) is 12.8. The molecular weight excluding hydrogens is 464 g/mol. The van der Waals surface area contributed by atoms with Crippen LogP contribution in [0.2, 0.25) is 0 Å². The monoisotopic (exact) mass is 488 g/mol. The van der Waals surface area contributed by atoms with Crippen LogP contribution in [0.3, 0.4) is 0 Å². The fourth-order valence-electron chi connectivity index (χ4n) is 3.85. The van der Waals surface area contributed by atoms with Crippen molar-refractivity contribution in [2.75, 3.05) is 0 Å². The maximum absolute atomic E-state index is 13.1. The van der Waals surface area contributed by atoms with Gasteiger partial charge in [0.15, 0.2) is 0 Å². The number of amides is 1. The number of thiazole rings is 1. The fraction of sp³-hybridized carbons (Fsp3) is 0.192. The quantitative estimate of drug-likeness (QED) is 0.283. The molecule has 5 aromatic rings. The van der Waals surface area contributed by atoms with E-state index in [1.165, 1.54) is 4.88 Å². The zero-order valence-corrected chi connectivity index (χ0v) is 20.6. The van der Waals surface area contributed by atoms with E-state index in [9.17, 15) is 4.79 Å². The lowest BCUT2D eigenvalue weighted by atomic mass is 10.2. The van der Waals surface area contributed by atoms with Gasteiger partial charge in [-0.1, -0.05) is 13.0 Å². The number of aryl methyl sites for hydroxylation is 1. The molecule has 0 aliphatic heterocycles. The molecule has 1 amide bonds. The Labute approximate surface area is 205 Å². The molecule has 34 heavy (non-hydrogen) atoms. The largest absolute Gasteiger partial charge is 0.467 e. The van der Waals surface area contributed by atoms with Crippen molar-refractivity contribution in [1.82, 2.24) is 19.9 Å². The highest BCUT2D eigenvalue weighted by Crippen LogP contribution is 2.32. The van der Waals surface area contributed by atoms with Gasteiger partial charge in [0.25, 0.3) is 5.91 Å². The SMILES string of the molecule is CCc1cc(-c2nc(-c3cc(C(=O)NCc4ccco4)c(C)n3Cc3cccs3)cs2)ccn1. The van der Waals surface area contributed by atoms with Gasteiger partial charge in [-0.05, 0) is 55.1 Å². The van der Waals surface area contributed by atoms with Crippen LogP contribution in [0, 0.1) is 6.92 Å². The Morgan fingerprint density at radius 3 is 2.85 bits per heavy atom. The topological polar surface area (TPSA) is 73.0 Å². The van der Waals surface area contributed by atoms with E-state index in [1.807, 2.05) is 43.5 Å². The van der Waals surface area contributed by atoms with Gasteiger partial charge in [-0.15, -0.1) is 22.7 Å². The smallest absolute Gasteiger partial charge is 0.253 e. The Balaban J connectivity index is 1.49. The third kappa shape index (κ3) is 4.60. The molecule has 0 saturated carbocycles. The molecule has 0 spiro atoms. The van der Waals surface area contributed by atoms with Crippen molar-refractivity contribution >= 4 is 28.6 Å². The van der Waals surface area contributed by atoms with E-state index in [0.29, 0.717) is 18.7 Å².